The van der Waals surface area contributed by atoms with Crippen LogP contribution in [0.1, 0.15) is 27.7 Å². The molecule has 3 heterocycles. The van der Waals surface area contributed by atoms with E-state index in [0.717, 1.165) is 29.4 Å². The summed E-state index contributed by atoms with van der Waals surface area (Å²) in [5.74, 6) is 0.934. The highest BCUT2D eigenvalue weighted by atomic mass is 16.5. The SMILES string of the molecule is COc1ccc(C2c3c(oc4c(ccc5ccccc54)c3=O)C(=O)N2CCN2CCOCC2)cc1OC. The lowest BCUT2D eigenvalue weighted by atomic mass is 9.97. The van der Waals surface area contributed by atoms with Crippen molar-refractivity contribution in [2.75, 3.05) is 53.6 Å². The maximum absolute atomic E-state index is 14.0. The molecular weight excluding hydrogens is 472 g/mol. The fourth-order valence-corrected chi connectivity index (χ4v) is 5.42. The van der Waals surface area contributed by atoms with Crippen molar-refractivity contribution in [3.63, 3.8) is 0 Å². The van der Waals surface area contributed by atoms with E-state index in [0.29, 0.717) is 54.3 Å². The molecule has 0 spiro atoms. The number of rotatable bonds is 6. The van der Waals surface area contributed by atoms with Crippen LogP contribution in [0, 0.1) is 0 Å². The normalized spacial score (nSPS) is 17.9. The minimum absolute atomic E-state index is 0.107. The zero-order valence-electron chi connectivity index (χ0n) is 20.9. The van der Waals surface area contributed by atoms with Gasteiger partial charge in [-0.2, -0.15) is 0 Å². The Kier molecular flexibility index (Phi) is 6.06. The highest BCUT2D eigenvalue weighted by molar-refractivity contribution is 6.06. The number of carbonyl (C=O) groups excluding carboxylic acids is 1. The molecule has 3 aromatic carbocycles. The summed E-state index contributed by atoms with van der Waals surface area (Å²) in [6.45, 7) is 4.08. The molecule has 0 aliphatic carbocycles. The molecule has 6 rings (SSSR count). The lowest BCUT2D eigenvalue weighted by Gasteiger charge is -2.31. The van der Waals surface area contributed by atoms with E-state index in [1.165, 1.54) is 0 Å². The van der Waals surface area contributed by atoms with Crippen molar-refractivity contribution >= 4 is 27.6 Å². The molecular formula is C29H28N2O6. The number of fused-ring (bicyclic) bond motifs is 4. The maximum Gasteiger partial charge on any atom is 0.290 e. The van der Waals surface area contributed by atoms with Crippen LogP contribution in [0.5, 0.6) is 11.5 Å². The van der Waals surface area contributed by atoms with Crippen molar-refractivity contribution in [1.82, 2.24) is 9.80 Å². The summed E-state index contributed by atoms with van der Waals surface area (Å²) >= 11 is 0. The minimum Gasteiger partial charge on any atom is -0.493 e. The molecule has 37 heavy (non-hydrogen) atoms. The summed E-state index contributed by atoms with van der Waals surface area (Å²) in [5, 5.41) is 2.22. The van der Waals surface area contributed by atoms with Gasteiger partial charge in [-0.1, -0.05) is 36.4 Å². The molecule has 1 saturated heterocycles. The van der Waals surface area contributed by atoms with Crippen molar-refractivity contribution in [2.24, 2.45) is 0 Å². The zero-order chi connectivity index (χ0) is 25.5. The molecule has 0 radical (unpaired) electrons. The van der Waals surface area contributed by atoms with Crippen LogP contribution in [-0.4, -0.2) is 69.3 Å². The fourth-order valence-electron chi connectivity index (χ4n) is 5.42. The van der Waals surface area contributed by atoms with Gasteiger partial charge in [0.1, 0.15) is 5.58 Å². The van der Waals surface area contributed by atoms with Crippen molar-refractivity contribution in [3.05, 3.63) is 81.7 Å². The molecule has 4 aromatic rings. The van der Waals surface area contributed by atoms with Gasteiger partial charge in [-0.05, 0) is 29.1 Å². The molecule has 2 aliphatic rings. The third kappa shape index (κ3) is 3.93. The van der Waals surface area contributed by atoms with Gasteiger partial charge in [0.05, 0.1) is 44.4 Å². The van der Waals surface area contributed by atoms with Crippen LogP contribution in [0.25, 0.3) is 21.7 Å². The lowest BCUT2D eigenvalue weighted by molar-refractivity contribution is 0.0314. The largest absolute Gasteiger partial charge is 0.493 e. The number of benzene rings is 3. The second kappa shape index (κ2) is 9.53. The highest BCUT2D eigenvalue weighted by Crippen LogP contribution is 2.41. The molecule has 8 heteroatoms. The van der Waals surface area contributed by atoms with Gasteiger partial charge in [0.15, 0.2) is 16.9 Å². The van der Waals surface area contributed by atoms with Gasteiger partial charge in [0.25, 0.3) is 5.91 Å². The first-order chi connectivity index (χ1) is 18.1. The predicted octanol–water partition coefficient (Wildman–Crippen LogP) is 3.84. The summed E-state index contributed by atoms with van der Waals surface area (Å²) in [5.41, 5.74) is 1.38. The summed E-state index contributed by atoms with van der Waals surface area (Å²) in [6.07, 6.45) is 0. The molecule has 0 bridgehead atoms. The van der Waals surface area contributed by atoms with Crippen LogP contribution in [0.3, 0.4) is 0 Å². The Balaban J connectivity index is 1.51. The topological polar surface area (TPSA) is 81.5 Å². The Morgan fingerprint density at radius 1 is 0.892 bits per heavy atom. The van der Waals surface area contributed by atoms with Crippen LogP contribution in [0.4, 0.5) is 0 Å². The van der Waals surface area contributed by atoms with Crippen molar-refractivity contribution in [3.8, 4) is 11.5 Å². The Morgan fingerprint density at radius 2 is 1.68 bits per heavy atom. The molecule has 1 atom stereocenters. The third-order valence-corrected chi connectivity index (χ3v) is 7.34. The number of ether oxygens (including phenoxy) is 3. The first-order valence-corrected chi connectivity index (χ1v) is 12.4. The monoisotopic (exact) mass is 500 g/mol. The van der Waals surface area contributed by atoms with Gasteiger partial charge in [0, 0.05) is 31.6 Å². The summed E-state index contributed by atoms with van der Waals surface area (Å²) in [7, 11) is 3.14. The number of morpholine rings is 1. The maximum atomic E-state index is 14.0. The van der Waals surface area contributed by atoms with Gasteiger partial charge in [-0.15, -0.1) is 0 Å². The average Bonchev–Trinajstić information content (AvgIpc) is 3.23. The van der Waals surface area contributed by atoms with Crippen LogP contribution in [0.15, 0.2) is 63.8 Å². The van der Waals surface area contributed by atoms with E-state index in [-0.39, 0.29) is 17.1 Å². The second-order valence-corrected chi connectivity index (χ2v) is 9.31. The number of methoxy groups -OCH3 is 2. The Hall–Kier alpha value is -3.88. The van der Waals surface area contributed by atoms with E-state index >= 15 is 0 Å². The van der Waals surface area contributed by atoms with E-state index in [1.807, 2.05) is 42.5 Å². The van der Waals surface area contributed by atoms with E-state index in [4.69, 9.17) is 18.6 Å². The van der Waals surface area contributed by atoms with Gasteiger partial charge in [-0.3, -0.25) is 14.5 Å². The number of carbonyl (C=O) groups is 1. The van der Waals surface area contributed by atoms with Crippen LogP contribution in [-0.2, 0) is 4.74 Å². The quantitative estimate of drug-likeness (QED) is 0.372. The number of hydrogen-bond donors (Lipinski definition) is 0. The Labute approximate surface area is 213 Å². The van der Waals surface area contributed by atoms with Crippen molar-refractivity contribution in [1.29, 1.82) is 0 Å². The smallest absolute Gasteiger partial charge is 0.290 e. The fraction of sp³-hybridized carbons (Fsp3) is 0.310. The molecule has 1 amide bonds. The van der Waals surface area contributed by atoms with Crippen LogP contribution < -0.4 is 14.9 Å². The predicted molar refractivity (Wildman–Crippen MR) is 140 cm³/mol. The number of amides is 1. The number of hydrogen-bond acceptors (Lipinski definition) is 7. The first kappa shape index (κ1) is 23.5. The minimum atomic E-state index is -0.601. The third-order valence-electron chi connectivity index (χ3n) is 7.34. The Bertz CT molecular complexity index is 1560. The van der Waals surface area contributed by atoms with Crippen LogP contribution >= 0.6 is 0 Å². The molecule has 1 unspecified atom stereocenters. The standard InChI is InChI=1S/C29H28N2O6/c1-34-22-10-8-19(17-23(22)35-2)25-24-26(32)21-9-7-18-5-3-4-6-20(18)27(21)37-28(24)29(33)31(25)12-11-30-13-15-36-16-14-30/h3-10,17,25H,11-16H2,1-2H3. The van der Waals surface area contributed by atoms with Crippen molar-refractivity contribution in [2.45, 2.75) is 6.04 Å². The number of nitrogens with zero attached hydrogens (tertiary/aromatic N) is 2. The highest BCUT2D eigenvalue weighted by Gasteiger charge is 2.43. The first-order valence-electron chi connectivity index (χ1n) is 12.4. The molecule has 0 saturated carbocycles. The molecule has 0 N–H and O–H groups in total. The van der Waals surface area contributed by atoms with E-state index in [9.17, 15) is 9.59 Å². The second-order valence-electron chi connectivity index (χ2n) is 9.31. The van der Waals surface area contributed by atoms with E-state index < -0.39 is 6.04 Å². The van der Waals surface area contributed by atoms with Gasteiger partial charge >= 0.3 is 0 Å². The van der Waals surface area contributed by atoms with Gasteiger partial charge in [0.2, 0.25) is 5.76 Å². The molecule has 190 valence electrons. The van der Waals surface area contributed by atoms with Gasteiger partial charge in [-0.25, -0.2) is 0 Å². The molecule has 2 aliphatic heterocycles. The molecule has 1 fully saturated rings. The van der Waals surface area contributed by atoms with Crippen molar-refractivity contribution < 1.29 is 23.4 Å². The lowest BCUT2D eigenvalue weighted by Crippen LogP contribution is -2.42. The molecule has 8 nitrogen and oxygen atoms in total. The van der Waals surface area contributed by atoms with Crippen LogP contribution in [0.2, 0.25) is 0 Å². The van der Waals surface area contributed by atoms with Gasteiger partial charge < -0.3 is 23.5 Å². The summed E-state index contributed by atoms with van der Waals surface area (Å²) in [4.78, 5) is 31.9. The zero-order valence-corrected chi connectivity index (χ0v) is 20.9. The van der Waals surface area contributed by atoms with E-state index in [2.05, 4.69) is 4.90 Å². The Morgan fingerprint density at radius 3 is 2.46 bits per heavy atom. The average molecular weight is 501 g/mol. The summed E-state index contributed by atoms with van der Waals surface area (Å²) < 4.78 is 22.7. The van der Waals surface area contributed by atoms with E-state index in [1.54, 1.807) is 31.3 Å². The molecule has 1 aromatic heterocycles. The summed E-state index contributed by atoms with van der Waals surface area (Å²) in [6, 6.07) is 16.3.